The average molecular weight is 433 g/mol. The van der Waals surface area contributed by atoms with Crippen molar-refractivity contribution in [1.82, 2.24) is 24.6 Å². The van der Waals surface area contributed by atoms with Gasteiger partial charge in [-0.05, 0) is 44.7 Å². The van der Waals surface area contributed by atoms with Crippen molar-refractivity contribution in [3.8, 4) is 0 Å². The van der Waals surface area contributed by atoms with Crippen LogP contribution in [0, 0.1) is 0 Å². The summed E-state index contributed by atoms with van der Waals surface area (Å²) >= 11 is 0. The highest BCUT2D eigenvalue weighted by molar-refractivity contribution is 7.92. The Morgan fingerprint density at radius 1 is 1.17 bits per heavy atom. The van der Waals surface area contributed by atoms with Gasteiger partial charge in [0.25, 0.3) is 5.91 Å². The molecule has 2 aliphatic heterocycles. The first-order valence-electron chi connectivity index (χ1n) is 10.2. The molecule has 1 aromatic carbocycles. The van der Waals surface area contributed by atoms with Crippen LogP contribution >= 0.6 is 0 Å². The number of benzene rings is 1. The van der Waals surface area contributed by atoms with Crippen LogP contribution in [0.4, 0.5) is 5.69 Å². The maximum Gasteiger partial charge on any atom is 0.253 e. The molecule has 3 heterocycles. The molecule has 0 N–H and O–H groups in total. The van der Waals surface area contributed by atoms with E-state index in [2.05, 4.69) is 15.0 Å². The standard InChI is InChI=1S/C20H28N6O3S/c1-14(2)25-13-21-19(22-25)17-12-26(30(4,28)29)18-6-5-15(11-16(17)18)20(27)24-9-7-23(3)8-10-24/h5-6,11,13-14,17H,7-10,12H2,1-4H3/t17-/m0/s1. The number of hydrogen-bond donors (Lipinski definition) is 0. The smallest absolute Gasteiger partial charge is 0.253 e. The van der Waals surface area contributed by atoms with Gasteiger partial charge < -0.3 is 9.80 Å². The third-order valence-electron chi connectivity index (χ3n) is 5.82. The zero-order chi connectivity index (χ0) is 21.6. The molecule has 4 rings (SSSR count). The largest absolute Gasteiger partial charge is 0.336 e. The number of rotatable bonds is 4. The highest BCUT2D eigenvalue weighted by atomic mass is 32.2. The van der Waals surface area contributed by atoms with Crippen molar-refractivity contribution in [2.24, 2.45) is 0 Å². The number of carbonyl (C=O) groups excluding carboxylic acids is 1. The van der Waals surface area contributed by atoms with E-state index in [1.165, 1.54) is 10.6 Å². The van der Waals surface area contributed by atoms with Crippen LogP contribution < -0.4 is 4.31 Å². The maximum atomic E-state index is 13.1. The average Bonchev–Trinajstić information content (AvgIpc) is 3.32. The summed E-state index contributed by atoms with van der Waals surface area (Å²) in [5.41, 5.74) is 1.95. The summed E-state index contributed by atoms with van der Waals surface area (Å²) < 4.78 is 27.9. The van der Waals surface area contributed by atoms with Crippen molar-refractivity contribution >= 4 is 21.6 Å². The molecule has 1 fully saturated rings. The lowest BCUT2D eigenvalue weighted by molar-refractivity contribution is 0.0664. The SMILES string of the molecule is CC(C)n1cnc([C@H]2CN(S(C)(=O)=O)c3ccc(C(=O)N4CCN(C)CC4)cc32)n1. The molecule has 0 spiro atoms. The monoisotopic (exact) mass is 432 g/mol. The topological polar surface area (TPSA) is 91.6 Å². The summed E-state index contributed by atoms with van der Waals surface area (Å²) in [6.07, 6.45) is 2.87. The Hall–Kier alpha value is -2.46. The van der Waals surface area contributed by atoms with Crippen LogP contribution in [0.2, 0.25) is 0 Å². The lowest BCUT2D eigenvalue weighted by Gasteiger charge is -2.32. The molecule has 162 valence electrons. The Balaban J connectivity index is 1.71. The Bertz CT molecular complexity index is 1060. The fourth-order valence-corrected chi connectivity index (χ4v) is 4.92. The molecular formula is C20H28N6O3S. The molecule has 1 aromatic heterocycles. The summed E-state index contributed by atoms with van der Waals surface area (Å²) in [6, 6.07) is 5.43. The van der Waals surface area contributed by atoms with Crippen molar-refractivity contribution < 1.29 is 13.2 Å². The number of piperazine rings is 1. The predicted molar refractivity (Wildman–Crippen MR) is 114 cm³/mol. The molecule has 30 heavy (non-hydrogen) atoms. The summed E-state index contributed by atoms with van der Waals surface area (Å²) in [5.74, 6) is 0.235. The molecular weight excluding hydrogens is 404 g/mol. The molecule has 2 aromatic rings. The zero-order valence-electron chi connectivity index (χ0n) is 17.8. The van der Waals surface area contributed by atoms with Crippen molar-refractivity contribution in [3.63, 3.8) is 0 Å². The van der Waals surface area contributed by atoms with Gasteiger partial charge in [0.15, 0.2) is 5.82 Å². The maximum absolute atomic E-state index is 13.1. The van der Waals surface area contributed by atoms with Gasteiger partial charge in [-0.1, -0.05) is 0 Å². The molecule has 1 amide bonds. The number of carbonyl (C=O) groups is 1. The Kier molecular flexibility index (Phi) is 5.31. The van der Waals surface area contributed by atoms with Gasteiger partial charge in [0, 0.05) is 44.3 Å². The van der Waals surface area contributed by atoms with Gasteiger partial charge in [-0.2, -0.15) is 5.10 Å². The number of anilines is 1. The highest BCUT2D eigenvalue weighted by Crippen LogP contribution is 2.41. The van der Waals surface area contributed by atoms with E-state index in [9.17, 15) is 13.2 Å². The summed E-state index contributed by atoms with van der Waals surface area (Å²) in [5, 5.41) is 4.56. The van der Waals surface area contributed by atoms with E-state index in [1.54, 1.807) is 23.1 Å². The molecule has 0 bridgehead atoms. The first-order valence-corrected chi connectivity index (χ1v) is 12.0. The van der Waals surface area contributed by atoms with E-state index in [-0.39, 0.29) is 24.4 Å². The third kappa shape index (κ3) is 3.81. The number of likely N-dealkylation sites (N-methyl/N-ethyl adjacent to an activating group) is 1. The summed E-state index contributed by atoms with van der Waals surface area (Å²) in [7, 11) is -1.41. The van der Waals surface area contributed by atoms with Gasteiger partial charge in [0.2, 0.25) is 10.0 Å². The van der Waals surface area contributed by atoms with E-state index in [0.717, 1.165) is 18.7 Å². The van der Waals surface area contributed by atoms with Crippen molar-refractivity contribution in [1.29, 1.82) is 0 Å². The van der Waals surface area contributed by atoms with Gasteiger partial charge in [-0.3, -0.25) is 13.8 Å². The van der Waals surface area contributed by atoms with Gasteiger partial charge in [0.1, 0.15) is 6.33 Å². The van der Waals surface area contributed by atoms with E-state index in [1.807, 2.05) is 31.9 Å². The second-order valence-electron chi connectivity index (χ2n) is 8.39. The molecule has 0 saturated carbocycles. The fraction of sp³-hybridized carbons (Fsp3) is 0.550. The van der Waals surface area contributed by atoms with Crippen LogP contribution in [-0.2, 0) is 10.0 Å². The molecule has 2 aliphatic rings. The van der Waals surface area contributed by atoms with Crippen LogP contribution in [0.25, 0.3) is 0 Å². The van der Waals surface area contributed by atoms with Crippen molar-refractivity contribution in [3.05, 3.63) is 41.5 Å². The lowest BCUT2D eigenvalue weighted by atomic mass is 9.98. The van der Waals surface area contributed by atoms with Crippen LogP contribution in [-0.4, -0.2) is 84.9 Å². The minimum atomic E-state index is -3.46. The molecule has 0 radical (unpaired) electrons. The number of nitrogens with zero attached hydrogens (tertiary/aromatic N) is 6. The summed E-state index contributed by atoms with van der Waals surface area (Å²) in [6.45, 7) is 7.32. The van der Waals surface area contributed by atoms with Gasteiger partial charge >= 0.3 is 0 Å². The number of sulfonamides is 1. The van der Waals surface area contributed by atoms with Gasteiger partial charge in [-0.15, -0.1) is 0 Å². The number of hydrogen-bond acceptors (Lipinski definition) is 6. The van der Waals surface area contributed by atoms with E-state index < -0.39 is 10.0 Å². The molecule has 1 saturated heterocycles. The number of fused-ring (bicyclic) bond motifs is 1. The highest BCUT2D eigenvalue weighted by Gasteiger charge is 2.37. The van der Waals surface area contributed by atoms with E-state index >= 15 is 0 Å². The van der Waals surface area contributed by atoms with Crippen LogP contribution in [0.5, 0.6) is 0 Å². The molecule has 9 nitrogen and oxygen atoms in total. The molecule has 1 atom stereocenters. The first-order chi connectivity index (χ1) is 14.1. The number of amides is 1. The molecule has 0 unspecified atom stereocenters. The van der Waals surface area contributed by atoms with Crippen LogP contribution in [0.3, 0.4) is 0 Å². The Morgan fingerprint density at radius 2 is 1.87 bits per heavy atom. The Morgan fingerprint density at radius 3 is 2.47 bits per heavy atom. The van der Waals surface area contributed by atoms with Gasteiger partial charge in [-0.25, -0.2) is 13.4 Å². The van der Waals surface area contributed by atoms with Crippen molar-refractivity contribution in [2.75, 3.05) is 50.3 Å². The van der Waals surface area contributed by atoms with Crippen LogP contribution in [0.1, 0.15) is 47.6 Å². The first kappa shape index (κ1) is 20.8. The van der Waals surface area contributed by atoms with Crippen molar-refractivity contribution in [2.45, 2.75) is 25.8 Å². The fourth-order valence-electron chi connectivity index (χ4n) is 3.98. The zero-order valence-corrected chi connectivity index (χ0v) is 18.6. The third-order valence-corrected chi connectivity index (χ3v) is 6.97. The van der Waals surface area contributed by atoms with E-state index in [0.29, 0.717) is 30.2 Å². The minimum absolute atomic E-state index is 0.0249. The minimum Gasteiger partial charge on any atom is -0.336 e. The van der Waals surface area contributed by atoms with E-state index in [4.69, 9.17) is 0 Å². The second kappa shape index (κ2) is 7.66. The molecule has 10 heteroatoms. The summed E-state index contributed by atoms with van der Waals surface area (Å²) in [4.78, 5) is 21.5. The van der Waals surface area contributed by atoms with Crippen LogP contribution in [0.15, 0.2) is 24.5 Å². The normalized spacial score (nSPS) is 20.1. The predicted octanol–water partition coefficient (Wildman–Crippen LogP) is 1.16. The number of aromatic nitrogens is 3. The Labute approximate surface area is 177 Å². The quantitative estimate of drug-likeness (QED) is 0.720. The lowest BCUT2D eigenvalue weighted by Crippen LogP contribution is -2.47. The molecule has 0 aliphatic carbocycles. The van der Waals surface area contributed by atoms with Gasteiger partial charge in [0.05, 0.1) is 17.9 Å². The second-order valence-corrected chi connectivity index (χ2v) is 10.3.